The van der Waals surface area contributed by atoms with E-state index < -0.39 is 6.04 Å². The van der Waals surface area contributed by atoms with Crippen LogP contribution in [0.4, 0.5) is 5.69 Å². The zero-order chi connectivity index (χ0) is 15.4. The summed E-state index contributed by atoms with van der Waals surface area (Å²) in [4.78, 5) is 25.6. The van der Waals surface area contributed by atoms with Crippen LogP contribution in [0.25, 0.3) is 0 Å². The van der Waals surface area contributed by atoms with E-state index in [4.69, 9.17) is 0 Å². The van der Waals surface area contributed by atoms with Crippen molar-refractivity contribution in [3.8, 4) is 0 Å². The second-order valence-electron chi connectivity index (χ2n) is 4.93. The van der Waals surface area contributed by atoms with Gasteiger partial charge in [-0.25, -0.2) is 0 Å². The van der Waals surface area contributed by atoms with Crippen LogP contribution >= 0.6 is 0 Å². The van der Waals surface area contributed by atoms with Gasteiger partial charge in [-0.15, -0.1) is 0 Å². The third-order valence-corrected chi connectivity index (χ3v) is 3.08. The Morgan fingerprint density at radius 2 is 2.05 bits per heavy atom. The second-order valence-corrected chi connectivity index (χ2v) is 4.93. The summed E-state index contributed by atoms with van der Waals surface area (Å²) in [6.45, 7) is 1.76. The highest BCUT2D eigenvalue weighted by molar-refractivity contribution is 5.97. The third-order valence-electron chi connectivity index (χ3n) is 3.08. The molecule has 21 heavy (non-hydrogen) atoms. The van der Waals surface area contributed by atoms with Crippen molar-refractivity contribution in [3.63, 3.8) is 0 Å². The fraction of sp³-hybridized carbons (Fsp3) is 0.267. The molecule has 0 saturated carbocycles. The van der Waals surface area contributed by atoms with Crippen molar-refractivity contribution >= 4 is 17.5 Å². The van der Waals surface area contributed by atoms with Crippen LogP contribution in [-0.4, -0.2) is 40.6 Å². The molecule has 0 aliphatic carbocycles. The number of rotatable bonds is 4. The summed E-state index contributed by atoms with van der Waals surface area (Å²) in [5.41, 5.74) is 1.12. The van der Waals surface area contributed by atoms with Crippen LogP contribution in [0, 0.1) is 0 Å². The molecule has 0 radical (unpaired) electrons. The Kier molecular flexibility index (Phi) is 4.37. The number of nitrogens with zero attached hydrogens (tertiary/aromatic N) is 3. The van der Waals surface area contributed by atoms with Gasteiger partial charge in [0.2, 0.25) is 5.91 Å². The molecule has 0 fully saturated rings. The number of anilines is 1. The molecular formula is C15H18N4O2. The monoisotopic (exact) mass is 286 g/mol. The van der Waals surface area contributed by atoms with Gasteiger partial charge in [0, 0.05) is 37.7 Å². The quantitative estimate of drug-likeness (QED) is 0.931. The molecule has 1 unspecified atom stereocenters. The molecule has 0 bridgehead atoms. The lowest BCUT2D eigenvalue weighted by molar-refractivity contribution is -0.119. The second kappa shape index (κ2) is 6.21. The van der Waals surface area contributed by atoms with E-state index in [2.05, 4.69) is 10.4 Å². The summed E-state index contributed by atoms with van der Waals surface area (Å²) in [6, 6.07) is 8.21. The van der Waals surface area contributed by atoms with Crippen LogP contribution in [0.1, 0.15) is 23.3 Å². The first-order chi connectivity index (χ1) is 9.99. The van der Waals surface area contributed by atoms with Gasteiger partial charge in [0.25, 0.3) is 5.91 Å². The van der Waals surface area contributed by atoms with Gasteiger partial charge >= 0.3 is 0 Å². The highest BCUT2D eigenvalue weighted by atomic mass is 16.2. The minimum atomic E-state index is -0.423. The normalized spacial score (nSPS) is 11.8. The topological polar surface area (TPSA) is 67.2 Å². The molecule has 0 aliphatic heterocycles. The van der Waals surface area contributed by atoms with Gasteiger partial charge in [0.15, 0.2) is 0 Å². The van der Waals surface area contributed by atoms with Crippen LogP contribution < -0.4 is 5.32 Å². The summed E-state index contributed by atoms with van der Waals surface area (Å²) < 4.78 is 1.57. The first kappa shape index (κ1) is 14.8. The Labute approximate surface area is 123 Å². The SMILES string of the molecule is CC(C(=O)Nc1cccc(C(=O)N(C)C)c1)n1cccn1. The van der Waals surface area contributed by atoms with E-state index in [0.29, 0.717) is 11.3 Å². The van der Waals surface area contributed by atoms with E-state index in [0.717, 1.165) is 0 Å². The number of hydrogen-bond acceptors (Lipinski definition) is 3. The van der Waals surface area contributed by atoms with Crippen molar-refractivity contribution < 1.29 is 9.59 Å². The molecule has 0 spiro atoms. The first-order valence-corrected chi connectivity index (χ1v) is 6.60. The van der Waals surface area contributed by atoms with Gasteiger partial charge in [0.1, 0.15) is 6.04 Å². The smallest absolute Gasteiger partial charge is 0.253 e. The summed E-state index contributed by atoms with van der Waals surface area (Å²) in [6.07, 6.45) is 3.36. The number of hydrogen-bond donors (Lipinski definition) is 1. The third kappa shape index (κ3) is 3.47. The number of aromatic nitrogens is 2. The minimum absolute atomic E-state index is 0.105. The molecule has 1 atom stereocenters. The van der Waals surface area contributed by atoms with E-state index in [9.17, 15) is 9.59 Å². The number of benzene rings is 1. The Bertz CT molecular complexity index is 635. The maximum absolute atomic E-state index is 12.2. The average molecular weight is 286 g/mol. The number of carbonyl (C=O) groups excluding carboxylic acids is 2. The average Bonchev–Trinajstić information content (AvgIpc) is 2.99. The predicted molar refractivity (Wildman–Crippen MR) is 80.0 cm³/mol. The van der Waals surface area contributed by atoms with Gasteiger partial charge in [-0.2, -0.15) is 5.10 Å². The van der Waals surface area contributed by atoms with E-state index in [1.165, 1.54) is 4.90 Å². The summed E-state index contributed by atoms with van der Waals surface area (Å²) in [7, 11) is 3.38. The molecule has 2 amide bonds. The lowest BCUT2D eigenvalue weighted by Crippen LogP contribution is -2.24. The molecule has 2 aromatic rings. The Morgan fingerprint density at radius 1 is 1.29 bits per heavy atom. The van der Waals surface area contributed by atoms with Crippen LogP contribution in [-0.2, 0) is 4.79 Å². The predicted octanol–water partition coefficient (Wildman–Crippen LogP) is 1.78. The Hall–Kier alpha value is -2.63. The molecule has 1 aromatic carbocycles. The maximum Gasteiger partial charge on any atom is 0.253 e. The van der Waals surface area contributed by atoms with E-state index in [-0.39, 0.29) is 11.8 Å². The van der Waals surface area contributed by atoms with Crippen LogP contribution in [0.5, 0.6) is 0 Å². The van der Waals surface area contributed by atoms with Gasteiger partial charge in [-0.3, -0.25) is 14.3 Å². The molecule has 1 N–H and O–H groups in total. The van der Waals surface area contributed by atoms with Crippen molar-refractivity contribution in [1.82, 2.24) is 14.7 Å². The molecule has 2 rings (SSSR count). The van der Waals surface area contributed by atoms with Crippen molar-refractivity contribution in [2.45, 2.75) is 13.0 Å². The lowest BCUT2D eigenvalue weighted by Gasteiger charge is -2.14. The first-order valence-electron chi connectivity index (χ1n) is 6.60. The van der Waals surface area contributed by atoms with Crippen molar-refractivity contribution in [2.24, 2.45) is 0 Å². The largest absolute Gasteiger partial charge is 0.345 e. The molecule has 0 saturated heterocycles. The number of nitrogens with one attached hydrogen (secondary N) is 1. The standard InChI is InChI=1S/C15H18N4O2/c1-11(19-9-5-8-16-19)14(20)17-13-7-4-6-12(10-13)15(21)18(2)3/h4-11H,1-3H3,(H,17,20). The lowest BCUT2D eigenvalue weighted by atomic mass is 10.1. The maximum atomic E-state index is 12.2. The Morgan fingerprint density at radius 3 is 2.67 bits per heavy atom. The molecule has 1 aromatic heterocycles. The highest BCUT2D eigenvalue weighted by Crippen LogP contribution is 2.14. The van der Waals surface area contributed by atoms with Crippen molar-refractivity contribution in [1.29, 1.82) is 0 Å². The van der Waals surface area contributed by atoms with E-state index >= 15 is 0 Å². The van der Waals surface area contributed by atoms with Crippen molar-refractivity contribution in [2.75, 3.05) is 19.4 Å². The van der Waals surface area contributed by atoms with E-state index in [1.54, 1.807) is 68.4 Å². The molecule has 110 valence electrons. The summed E-state index contributed by atoms with van der Waals surface area (Å²) in [5.74, 6) is -0.292. The highest BCUT2D eigenvalue weighted by Gasteiger charge is 2.16. The zero-order valence-electron chi connectivity index (χ0n) is 12.3. The van der Waals surface area contributed by atoms with Crippen LogP contribution in [0.2, 0.25) is 0 Å². The molecule has 0 aliphatic rings. The number of amides is 2. The summed E-state index contributed by atoms with van der Waals surface area (Å²) >= 11 is 0. The van der Waals surface area contributed by atoms with Gasteiger partial charge in [-0.05, 0) is 31.2 Å². The zero-order valence-corrected chi connectivity index (χ0v) is 12.3. The minimum Gasteiger partial charge on any atom is -0.345 e. The molecule has 6 nitrogen and oxygen atoms in total. The van der Waals surface area contributed by atoms with Crippen molar-refractivity contribution in [3.05, 3.63) is 48.3 Å². The Balaban J connectivity index is 2.11. The summed E-state index contributed by atoms with van der Waals surface area (Å²) in [5, 5.41) is 6.84. The molecule has 6 heteroatoms. The fourth-order valence-electron chi connectivity index (χ4n) is 1.86. The number of carbonyl (C=O) groups is 2. The fourth-order valence-corrected chi connectivity index (χ4v) is 1.86. The molecule has 1 heterocycles. The van der Waals surface area contributed by atoms with E-state index in [1.807, 2.05) is 0 Å². The van der Waals surface area contributed by atoms with Crippen LogP contribution in [0.15, 0.2) is 42.7 Å². The van der Waals surface area contributed by atoms with Crippen LogP contribution in [0.3, 0.4) is 0 Å². The van der Waals surface area contributed by atoms with Gasteiger partial charge < -0.3 is 10.2 Å². The molecular weight excluding hydrogens is 268 g/mol. The van der Waals surface area contributed by atoms with Gasteiger partial charge in [0.05, 0.1) is 0 Å². The van der Waals surface area contributed by atoms with Gasteiger partial charge in [-0.1, -0.05) is 6.07 Å².